The Bertz CT molecular complexity index is 2940. The number of carbonyl (C=O) groups is 4. The lowest BCUT2D eigenvalue weighted by atomic mass is 9.48. The molecule has 0 saturated heterocycles. The van der Waals surface area contributed by atoms with Gasteiger partial charge in [0.2, 0.25) is 0 Å². The maximum atomic E-state index is 14.2. The third-order valence-corrected chi connectivity index (χ3v) is 26.5. The number of halogens is 10. The molecule has 15 aliphatic carbocycles. The minimum atomic E-state index is -3.39. The maximum Gasteiger partial charge on any atom is 0.360 e. The molecule has 0 aromatic heterocycles. The highest BCUT2D eigenvalue weighted by atomic mass is 19.3. The third-order valence-electron chi connectivity index (χ3n) is 26.5. The molecule has 0 radical (unpaired) electrons. The number of rotatable bonds is 23. The van der Waals surface area contributed by atoms with E-state index in [1.54, 1.807) is 0 Å². The SMILES string of the molecule is CC(C)(C)C(F)(F)OCC(COC(=O)C1CCCCC1)OC(=O)C1CCCCC1.CC(C)(C)C(F)(F)OCC(O)COC(=O)C1CCCCC1.CC(C)(C)C(F)(F)OCC12CC3CC(C1)C(=O)C(C3)C2.CC(C)(C)C(F)(F)OCC12CC3CC(C1)C(O)C(C3)C2.CC(C)(C)C(F)(F)OCC12CC3CC(CC(O)(C3)C1)C2. The van der Waals surface area contributed by atoms with Crippen LogP contribution >= 0.6 is 0 Å². The van der Waals surface area contributed by atoms with Crippen LogP contribution < -0.4 is 0 Å². The van der Waals surface area contributed by atoms with Crippen molar-refractivity contribution < 1.29 is 116 Å². The molecule has 15 rings (SSSR count). The zero-order valence-corrected chi connectivity index (χ0v) is 69.0. The van der Waals surface area contributed by atoms with Gasteiger partial charge in [0, 0.05) is 11.8 Å². The summed E-state index contributed by atoms with van der Waals surface area (Å²) in [6.45, 7) is 20.4. The van der Waals surface area contributed by atoms with E-state index in [1.165, 1.54) is 110 Å². The fourth-order valence-electron chi connectivity index (χ4n) is 20.2. The van der Waals surface area contributed by atoms with Crippen molar-refractivity contribution in [1.29, 1.82) is 0 Å². The number of aliphatic hydroxyl groups excluding tert-OH is 2. The first kappa shape index (κ1) is 92.6. The number of Topliss-reactive ketones (excluding diaryl/α,β-unsaturated/α-hetero) is 1. The molecular weight excluding hydrogens is 1450 g/mol. The molecular formula is C85H138F10O15. The molecule has 0 spiro atoms. The molecule has 12 bridgehead atoms. The van der Waals surface area contributed by atoms with Gasteiger partial charge in [-0.2, -0.15) is 43.9 Å². The van der Waals surface area contributed by atoms with Gasteiger partial charge in [-0.05, 0) is 193 Å². The van der Waals surface area contributed by atoms with Crippen LogP contribution in [-0.4, -0.2) is 140 Å². The Balaban J connectivity index is 0.000000174. The monoisotopic (exact) mass is 1590 g/mol. The van der Waals surface area contributed by atoms with Crippen molar-refractivity contribution in [3.05, 3.63) is 0 Å². The first-order valence-electron chi connectivity index (χ1n) is 41.7. The van der Waals surface area contributed by atoms with Crippen molar-refractivity contribution >= 4 is 23.7 Å². The molecule has 110 heavy (non-hydrogen) atoms. The Morgan fingerprint density at radius 2 is 0.718 bits per heavy atom. The number of esters is 3. The first-order valence-corrected chi connectivity index (χ1v) is 41.7. The molecule has 15 aliphatic rings. The summed E-state index contributed by atoms with van der Waals surface area (Å²) < 4.78 is 180. The minimum absolute atomic E-state index is 0.0899. The Hall–Kier alpha value is -2.94. The van der Waals surface area contributed by atoms with E-state index in [1.807, 2.05) is 0 Å². The number of aliphatic hydroxyl groups is 3. The van der Waals surface area contributed by atoms with E-state index >= 15 is 0 Å². The van der Waals surface area contributed by atoms with E-state index in [9.17, 15) is 78.4 Å². The summed E-state index contributed by atoms with van der Waals surface area (Å²) in [7, 11) is 0. The van der Waals surface area contributed by atoms with E-state index < -0.39 is 94.6 Å². The average molecular weight is 1590 g/mol. The highest BCUT2D eigenvalue weighted by Gasteiger charge is 2.61. The molecule has 0 aromatic rings. The second-order valence-corrected chi connectivity index (χ2v) is 41.7. The number of ketones is 1. The maximum absolute atomic E-state index is 14.2. The number of ether oxygens (including phenoxy) is 8. The van der Waals surface area contributed by atoms with Crippen molar-refractivity contribution in [1.82, 2.24) is 0 Å². The summed E-state index contributed by atoms with van der Waals surface area (Å²) in [5.41, 5.74) is -7.40. The molecule has 638 valence electrons. The van der Waals surface area contributed by atoms with Crippen LogP contribution in [0.2, 0.25) is 0 Å². The number of hydrogen-bond acceptors (Lipinski definition) is 15. The topological polar surface area (TPSA) is 203 Å². The lowest BCUT2D eigenvalue weighted by Gasteiger charge is -2.60. The Morgan fingerprint density at radius 3 is 1.10 bits per heavy atom. The lowest BCUT2D eigenvalue weighted by molar-refractivity contribution is -0.316. The molecule has 15 fully saturated rings. The number of hydrogen-bond donors (Lipinski definition) is 3. The molecule has 8 atom stereocenters. The number of carbonyl (C=O) groups excluding carboxylic acids is 4. The van der Waals surface area contributed by atoms with Gasteiger partial charge in [0.25, 0.3) is 0 Å². The van der Waals surface area contributed by atoms with Crippen molar-refractivity contribution in [2.75, 3.05) is 46.2 Å². The van der Waals surface area contributed by atoms with Crippen LogP contribution in [0.4, 0.5) is 43.9 Å². The van der Waals surface area contributed by atoms with E-state index in [2.05, 4.69) is 4.74 Å². The highest BCUT2D eigenvalue weighted by Crippen LogP contribution is 2.64. The van der Waals surface area contributed by atoms with E-state index in [4.69, 9.17) is 33.2 Å². The number of alkyl halides is 10. The summed E-state index contributed by atoms with van der Waals surface area (Å²) in [5, 5.41) is 30.4. The molecule has 3 N–H and O–H groups in total. The summed E-state index contributed by atoms with van der Waals surface area (Å²) in [6, 6.07) is 0. The molecule has 0 aromatic carbocycles. The normalized spacial score (nSPS) is 32.6. The predicted octanol–water partition coefficient (Wildman–Crippen LogP) is 20.2. The molecule has 0 amide bonds. The smallest absolute Gasteiger partial charge is 0.360 e. The average Bonchev–Trinajstić information content (AvgIpc) is 0.740. The summed E-state index contributed by atoms with van der Waals surface area (Å²) in [5.74, 6) is 1.83. The minimum Gasteiger partial charge on any atom is -0.463 e. The van der Waals surface area contributed by atoms with E-state index in [0.29, 0.717) is 47.7 Å². The van der Waals surface area contributed by atoms with E-state index in [-0.39, 0.29) is 96.9 Å². The zero-order valence-electron chi connectivity index (χ0n) is 69.0. The largest absolute Gasteiger partial charge is 0.463 e. The van der Waals surface area contributed by atoms with Gasteiger partial charge in [0.1, 0.15) is 25.1 Å². The molecule has 8 unspecified atom stereocenters. The highest BCUT2D eigenvalue weighted by molar-refractivity contribution is 5.85. The van der Waals surface area contributed by atoms with Crippen LogP contribution in [0.3, 0.4) is 0 Å². The van der Waals surface area contributed by atoms with Crippen LogP contribution in [0, 0.1) is 108 Å². The second kappa shape index (κ2) is 35.7. The third kappa shape index (κ3) is 24.1. The Morgan fingerprint density at radius 1 is 0.391 bits per heavy atom. The van der Waals surface area contributed by atoms with Gasteiger partial charge in [-0.3, -0.25) is 19.2 Å². The lowest BCUT2D eigenvalue weighted by Crippen LogP contribution is -2.57. The summed E-state index contributed by atoms with van der Waals surface area (Å²) in [4.78, 5) is 48.6. The first-order chi connectivity index (χ1) is 50.5. The van der Waals surface area contributed by atoms with Crippen LogP contribution in [0.25, 0.3) is 0 Å². The predicted molar refractivity (Wildman–Crippen MR) is 394 cm³/mol. The summed E-state index contributed by atoms with van der Waals surface area (Å²) >= 11 is 0. The molecule has 25 heteroatoms. The van der Waals surface area contributed by atoms with Crippen LogP contribution in [-0.2, 0) is 57.1 Å². The van der Waals surface area contributed by atoms with Crippen LogP contribution in [0.1, 0.15) is 303 Å². The van der Waals surface area contributed by atoms with Crippen molar-refractivity contribution in [3.63, 3.8) is 0 Å². The standard InChI is InChI=1S/C22H36F2O5.2C16H26F2O2.C16H24F2O2.C15H26F2O4/c1-21(2,3)22(23,24)28-15-18(29-20(26)17-12-8-5-9-13-17)14-27-19(25)16-10-6-4-7-11-16;1-13(2,3)16(17,18)20-10-14-5-11-4-12(6-14)8-15(19,7-11)9-14;2*1-14(2,3)16(17,18)20-9-15-6-10-4-11(7-15)13(19)12(5-10)8-15;1-14(2,3)15(16,17)21-10-12(18)9-20-13(19)11-7-5-4-6-8-11/h16-18H,4-15H2,1-3H3;11-12,19H,4-10H2,1-3H3;10-13,19H,4-9H2,1-3H3;10-12H,4-9H2,1-3H3;11-12,18H,4-10H2,1-3H3. The quantitative estimate of drug-likeness (QED) is 0.0495. The van der Waals surface area contributed by atoms with Crippen LogP contribution in [0.5, 0.6) is 0 Å². The van der Waals surface area contributed by atoms with Crippen molar-refractivity contribution in [2.24, 2.45) is 108 Å². The van der Waals surface area contributed by atoms with Gasteiger partial charge >= 0.3 is 48.5 Å². The molecule has 15 nitrogen and oxygen atoms in total. The zero-order chi connectivity index (χ0) is 81.9. The molecule has 15 saturated carbocycles. The van der Waals surface area contributed by atoms with Crippen LogP contribution in [0.15, 0.2) is 0 Å². The van der Waals surface area contributed by atoms with Gasteiger partial charge in [0.05, 0.1) is 89.6 Å². The Kier molecular flexibility index (Phi) is 30.1. The van der Waals surface area contributed by atoms with Crippen molar-refractivity contribution in [2.45, 2.75) is 357 Å². The van der Waals surface area contributed by atoms with Gasteiger partial charge < -0.3 is 53.2 Å². The fraction of sp³-hybridized carbons (Fsp3) is 0.953. The van der Waals surface area contributed by atoms with Crippen molar-refractivity contribution in [3.8, 4) is 0 Å². The van der Waals surface area contributed by atoms with Gasteiger partial charge in [0.15, 0.2) is 6.10 Å². The van der Waals surface area contributed by atoms with E-state index in [0.717, 1.165) is 186 Å². The van der Waals surface area contributed by atoms with Gasteiger partial charge in [-0.15, -0.1) is 0 Å². The fourth-order valence-corrected chi connectivity index (χ4v) is 20.2. The van der Waals surface area contributed by atoms with Gasteiger partial charge in [-0.1, -0.05) is 162 Å². The van der Waals surface area contributed by atoms with Gasteiger partial charge in [-0.25, -0.2) is 0 Å². The molecule has 0 aliphatic heterocycles. The summed E-state index contributed by atoms with van der Waals surface area (Å²) in [6.07, 6.45) is 10.1. The second-order valence-electron chi connectivity index (χ2n) is 41.7. The molecule has 0 heterocycles. The Labute approximate surface area is 649 Å².